The molecule has 0 aliphatic carbocycles. The average molecular weight is 363 g/mol. The Bertz CT molecular complexity index is 729. The standard InChI is InChI=1S/C19H20F3N3O/c20-13-19(16-3-1-2-10-23-16)8-11-25(12-9-19)18(26)24-15-6-4-14(5-7-15)17(21)22/h1-7,10,17H,8-9,11-13H2,(H,24,26). The van der Waals surface area contributed by atoms with Crippen LogP contribution in [0.5, 0.6) is 0 Å². The number of carbonyl (C=O) groups is 1. The fourth-order valence-electron chi connectivity index (χ4n) is 3.19. The van der Waals surface area contributed by atoms with Gasteiger partial charge in [0.1, 0.15) is 6.67 Å². The second-order valence-corrected chi connectivity index (χ2v) is 6.47. The maximum absolute atomic E-state index is 13.8. The number of hydrogen-bond acceptors (Lipinski definition) is 2. The Balaban J connectivity index is 1.61. The van der Waals surface area contributed by atoms with Crippen LogP contribution in [0, 0.1) is 0 Å². The number of alkyl halides is 3. The molecule has 7 heteroatoms. The minimum Gasteiger partial charge on any atom is -0.324 e. The van der Waals surface area contributed by atoms with Crippen LogP contribution in [0.2, 0.25) is 0 Å². The van der Waals surface area contributed by atoms with E-state index >= 15 is 0 Å². The summed E-state index contributed by atoms with van der Waals surface area (Å²) in [6.07, 6.45) is 0.0769. The number of nitrogens with one attached hydrogen (secondary N) is 1. The van der Waals surface area contributed by atoms with E-state index < -0.39 is 18.5 Å². The van der Waals surface area contributed by atoms with Gasteiger partial charge in [0, 0.05) is 41.6 Å². The number of benzene rings is 1. The number of piperidine rings is 1. The van der Waals surface area contributed by atoms with Gasteiger partial charge in [0.15, 0.2) is 0 Å². The van der Waals surface area contributed by atoms with E-state index in [1.165, 1.54) is 24.3 Å². The van der Waals surface area contributed by atoms with E-state index in [2.05, 4.69) is 10.3 Å². The smallest absolute Gasteiger partial charge is 0.321 e. The molecule has 2 aromatic rings. The Kier molecular flexibility index (Phi) is 5.44. The zero-order valence-electron chi connectivity index (χ0n) is 14.2. The van der Waals surface area contributed by atoms with Crippen LogP contribution in [0.3, 0.4) is 0 Å². The Hall–Kier alpha value is -2.57. The minimum atomic E-state index is -2.54. The van der Waals surface area contributed by atoms with Crippen LogP contribution in [0.15, 0.2) is 48.7 Å². The van der Waals surface area contributed by atoms with Crippen molar-refractivity contribution in [1.82, 2.24) is 9.88 Å². The van der Waals surface area contributed by atoms with E-state index in [4.69, 9.17) is 0 Å². The van der Waals surface area contributed by atoms with Gasteiger partial charge >= 0.3 is 6.03 Å². The molecule has 1 aliphatic heterocycles. The van der Waals surface area contributed by atoms with Crippen molar-refractivity contribution in [3.05, 3.63) is 59.9 Å². The van der Waals surface area contributed by atoms with E-state index in [0.29, 0.717) is 37.3 Å². The molecule has 4 nitrogen and oxygen atoms in total. The summed E-state index contributed by atoms with van der Waals surface area (Å²) in [7, 11) is 0. The molecular weight excluding hydrogens is 343 g/mol. The molecule has 2 heterocycles. The molecular formula is C19H20F3N3O. The SMILES string of the molecule is O=C(Nc1ccc(C(F)F)cc1)N1CCC(CF)(c2ccccn2)CC1. The Labute approximate surface area is 150 Å². The quantitative estimate of drug-likeness (QED) is 0.866. The lowest BCUT2D eigenvalue weighted by atomic mass is 9.76. The monoisotopic (exact) mass is 363 g/mol. The lowest BCUT2D eigenvalue weighted by Crippen LogP contribution is -2.48. The van der Waals surface area contributed by atoms with Crippen LogP contribution < -0.4 is 5.32 Å². The van der Waals surface area contributed by atoms with Crippen molar-refractivity contribution in [2.75, 3.05) is 25.1 Å². The van der Waals surface area contributed by atoms with Gasteiger partial charge in [0.05, 0.1) is 0 Å². The Morgan fingerprint density at radius 1 is 1.15 bits per heavy atom. The second-order valence-electron chi connectivity index (χ2n) is 6.47. The summed E-state index contributed by atoms with van der Waals surface area (Å²) in [5.41, 5.74) is 0.414. The summed E-state index contributed by atoms with van der Waals surface area (Å²) in [4.78, 5) is 18.3. The molecule has 0 radical (unpaired) electrons. The molecule has 2 amide bonds. The molecule has 1 saturated heterocycles. The first kappa shape index (κ1) is 18.2. The van der Waals surface area contributed by atoms with Gasteiger partial charge in [0.2, 0.25) is 0 Å². The Morgan fingerprint density at radius 2 is 1.85 bits per heavy atom. The van der Waals surface area contributed by atoms with E-state index in [1.54, 1.807) is 17.2 Å². The summed E-state index contributed by atoms with van der Waals surface area (Å²) in [5.74, 6) is 0. The van der Waals surface area contributed by atoms with E-state index in [0.717, 1.165) is 0 Å². The highest BCUT2D eigenvalue weighted by atomic mass is 19.3. The predicted octanol–water partition coefficient (Wildman–Crippen LogP) is 4.55. The summed E-state index contributed by atoms with van der Waals surface area (Å²) in [5, 5.41) is 2.70. The first-order valence-corrected chi connectivity index (χ1v) is 8.46. The third-order valence-corrected chi connectivity index (χ3v) is 4.89. The van der Waals surface area contributed by atoms with E-state index in [1.807, 2.05) is 12.1 Å². The maximum Gasteiger partial charge on any atom is 0.321 e. The zero-order chi connectivity index (χ0) is 18.6. The van der Waals surface area contributed by atoms with Crippen molar-refractivity contribution in [1.29, 1.82) is 0 Å². The first-order chi connectivity index (χ1) is 12.5. The van der Waals surface area contributed by atoms with Crippen LogP contribution >= 0.6 is 0 Å². The average Bonchev–Trinajstić information content (AvgIpc) is 2.69. The normalized spacial score (nSPS) is 16.5. The predicted molar refractivity (Wildman–Crippen MR) is 93.1 cm³/mol. The molecule has 0 spiro atoms. The fraction of sp³-hybridized carbons (Fsp3) is 0.368. The van der Waals surface area contributed by atoms with Crippen LogP contribution in [0.4, 0.5) is 23.7 Å². The van der Waals surface area contributed by atoms with Crippen molar-refractivity contribution >= 4 is 11.7 Å². The molecule has 1 aromatic heterocycles. The van der Waals surface area contributed by atoms with Crippen LogP contribution in [0.25, 0.3) is 0 Å². The van der Waals surface area contributed by atoms with Crippen LogP contribution in [-0.2, 0) is 5.41 Å². The Morgan fingerprint density at radius 3 is 2.38 bits per heavy atom. The fourth-order valence-corrected chi connectivity index (χ4v) is 3.19. The number of urea groups is 1. The number of nitrogens with zero attached hydrogens (tertiary/aromatic N) is 2. The van der Waals surface area contributed by atoms with Crippen molar-refractivity contribution in [3.8, 4) is 0 Å². The molecule has 1 N–H and O–H groups in total. The summed E-state index contributed by atoms with van der Waals surface area (Å²) in [6, 6.07) is 10.6. The van der Waals surface area contributed by atoms with Gasteiger partial charge in [-0.2, -0.15) is 0 Å². The molecule has 0 atom stereocenters. The molecule has 1 aromatic carbocycles. The second kappa shape index (κ2) is 7.76. The van der Waals surface area contributed by atoms with Crippen molar-refractivity contribution < 1.29 is 18.0 Å². The molecule has 0 saturated carbocycles. The molecule has 26 heavy (non-hydrogen) atoms. The zero-order valence-corrected chi connectivity index (χ0v) is 14.2. The van der Waals surface area contributed by atoms with Gasteiger partial charge in [-0.1, -0.05) is 18.2 Å². The largest absolute Gasteiger partial charge is 0.324 e. The highest BCUT2D eigenvalue weighted by molar-refractivity contribution is 5.89. The lowest BCUT2D eigenvalue weighted by Gasteiger charge is -2.39. The molecule has 1 aliphatic rings. The molecule has 0 bridgehead atoms. The summed E-state index contributed by atoms with van der Waals surface area (Å²) >= 11 is 0. The summed E-state index contributed by atoms with van der Waals surface area (Å²) < 4.78 is 38.9. The van der Waals surface area contributed by atoms with Gasteiger partial charge in [-0.15, -0.1) is 0 Å². The highest BCUT2D eigenvalue weighted by Crippen LogP contribution is 2.35. The highest BCUT2D eigenvalue weighted by Gasteiger charge is 2.38. The van der Waals surface area contributed by atoms with Crippen molar-refractivity contribution in [2.45, 2.75) is 24.7 Å². The van der Waals surface area contributed by atoms with Crippen LogP contribution in [0.1, 0.15) is 30.5 Å². The maximum atomic E-state index is 13.8. The molecule has 1 fully saturated rings. The number of hydrogen-bond donors (Lipinski definition) is 1. The van der Waals surface area contributed by atoms with Gasteiger partial charge in [-0.3, -0.25) is 9.37 Å². The number of rotatable bonds is 4. The summed E-state index contributed by atoms with van der Waals surface area (Å²) in [6.45, 7) is 0.289. The number of halogens is 3. The van der Waals surface area contributed by atoms with Crippen molar-refractivity contribution in [3.63, 3.8) is 0 Å². The van der Waals surface area contributed by atoms with Crippen molar-refractivity contribution in [2.24, 2.45) is 0 Å². The topological polar surface area (TPSA) is 45.2 Å². The number of aromatic nitrogens is 1. The number of anilines is 1. The molecule has 138 valence electrons. The van der Waals surface area contributed by atoms with E-state index in [-0.39, 0.29) is 11.6 Å². The minimum absolute atomic E-state index is 0.0935. The number of amides is 2. The van der Waals surface area contributed by atoms with Gasteiger partial charge in [0.25, 0.3) is 6.43 Å². The lowest BCUT2D eigenvalue weighted by molar-refractivity contribution is 0.147. The third-order valence-electron chi connectivity index (χ3n) is 4.89. The van der Waals surface area contributed by atoms with Gasteiger partial charge in [-0.25, -0.2) is 13.6 Å². The van der Waals surface area contributed by atoms with Gasteiger partial charge in [-0.05, 0) is 37.1 Å². The first-order valence-electron chi connectivity index (χ1n) is 8.46. The van der Waals surface area contributed by atoms with Gasteiger partial charge < -0.3 is 10.2 Å². The molecule has 3 rings (SSSR count). The van der Waals surface area contributed by atoms with Crippen LogP contribution in [-0.4, -0.2) is 35.7 Å². The number of pyridine rings is 1. The number of carbonyl (C=O) groups excluding carboxylic acids is 1. The van der Waals surface area contributed by atoms with E-state index in [9.17, 15) is 18.0 Å². The molecule has 0 unspecified atom stereocenters. The third kappa shape index (κ3) is 3.81. The number of likely N-dealkylation sites (tertiary alicyclic amines) is 1.